The maximum absolute atomic E-state index is 10.4. The van der Waals surface area contributed by atoms with E-state index in [9.17, 15) is 4.79 Å². The molecule has 0 saturated carbocycles. The molecule has 0 aliphatic carbocycles. The summed E-state index contributed by atoms with van der Waals surface area (Å²) >= 11 is 3.67. The lowest BCUT2D eigenvalue weighted by Crippen LogP contribution is -2.17. The van der Waals surface area contributed by atoms with Gasteiger partial charge in [-0.3, -0.25) is 4.79 Å². The third-order valence-corrected chi connectivity index (χ3v) is 1.19. The SMILES string of the molecule is CCCC(O)OC(=O)CS. The first-order valence-corrected chi connectivity index (χ1v) is 3.82. The highest BCUT2D eigenvalue weighted by Gasteiger charge is 2.06. The van der Waals surface area contributed by atoms with Gasteiger partial charge in [0.15, 0.2) is 0 Å². The van der Waals surface area contributed by atoms with Gasteiger partial charge in [0.05, 0.1) is 5.75 Å². The second-order valence-corrected chi connectivity index (χ2v) is 2.21. The van der Waals surface area contributed by atoms with Crippen LogP contribution in [-0.4, -0.2) is 23.1 Å². The molecule has 0 aliphatic rings. The van der Waals surface area contributed by atoms with E-state index in [0.29, 0.717) is 6.42 Å². The van der Waals surface area contributed by atoms with Crippen LogP contribution in [0.15, 0.2) is 0 Å². The Labute approximate surface area is 65.8 Å². The summed E-state index contributed by atoms with van der Waals surface area (Å²) in [6.45, 7) is 1.90. The van der Waals surface area contributed by atoms with Crippen molar-refractivity contribution in [2.75, 3.05) is 5.75 Å². The van der Waals surface area contributed by atoms with Crippen molar-refractivity contribution in [3.05, 3.63) is 0 Å². The lowest BCUT2D eigenvalue weighted by atomic mass is 10.3. The van der Waals surface area contributed by atoms with Crippen molar-refractivity contribution in [3.63, 3.8) is 0 Å². The van der Waals surface area contributed by atoms with Gasteiger partial charge in [0, 0.05) is 6.42 Å². The molecule has 1 unspecified atom stereocenters. The molecule has 0 aromatic heterocycles. The van der Waals surface area contributed by atoms with E-state index in [4.69, 9.17) is 5.11 Å². The molecule has 0 radical (unpaired) electrons. The van der Waals surface area contributed by atoms with Crippen molar-refractivity contribution < 1.29 is 14.6 Å². The predicted octanol–water partition coefficient (Wildman–Crippen LogP) is 0.578. The van der Waals surface area contributed by atoms with Crippen LogP contribution in [0.3, 0.4) is 0 Å². The molecule has 60 valence electrons. The molecule has 0 amide bonds. The highest BCUT2D eigenvalue weighted by Crippen LogP contribution is 1.98. The van der Waals surface area contributed by atoms with E-state index in [0.717, 1.165) is 6.42 Å². The van der Waals surface area contributed by atoms with E-state index in [2.05, 4.69) is 17.4 Å². The van der Waals surface area contributed by atoms with Gasteiger partial charge in [0.1, 0.15) is 0 Å². The third kappa shape index (κ3) is 4.64. The van der Waals surface area contributed by atoms with Crippen LogP contribution < -0.4 is 0 Å². The van der Waals surface area contributed by atoms with Gasteiger partial charge in [0.25, 0.3) is 0 Å². The van der Waals surface area contributed by atoms with Crippen molar-refractivity contribution in [1.29, 1.82) is 0 Å². The summed E-state index contributed by atoms with van der Waals surface area (Å²) in [6, 6.07) is 0. The zero-order chi connectivity index (χ0) is 7.98. The summed E-state index contributed by atoms with van der Waals surface area (Å²) in [5.74, 6) is -0.467. The molecule has 0 heterocycles. The van der Waals surface area contributed by atoms with Crippen LogP contribution in [0.1, 0.15) is 19.8 Å². The standard InChI is InChI=1S/C6H12O3S/c1-2-3-5(7)9-6(8)4-10/h5,7,10H,2-4H2,1H3. The average Bonchev–Trinajstić information content (AvgIpc) is 1.88. The minimum Gasteiger partial charge on any atom is -0.435 e. The second kappa shape index (κ2) is 5.56. The quantitative estimate of drug-likeness (QED) is 0.363. The number of carbonyl (C=O) groups excluding carboxylic acids is 1. The summed E-state index contributed by atoms with van der Waals surface area (Å²) < 4.78 is 4.48. The molecule has 0 aliphatic heterocycles. The fourth-order valence-electron chi connectivity index (χ4n) is 0.495. The Morgan fingerprint density at radius 3 is 2.80 bits per heavy atom. The van der Waals surface area contributed by atoms with Gasteiger partial charge in [0.2, 0.25) is 6.29 Å². The lowest BCUT2D eigenvalue weighted by molar-refractivity contribution is -0.165. The first-order chi connectivity index (χ1) is 4.70. The van der Waals surface area contributed by atoms with Crippen LogP contribution in [-0.2, 0) is 9.53 Å². The summed E-state index contributed by atoms with van der Waals surface area (Å²) in [7, 11) is 0. The molecule has 1 atom stereocenters. The minimum atomic E-state index is -0.954. The maximum atomic E-state index is 10.4. The molecule has 0 saturated heterocycles. The molecule has 0 aromatic carbocycles. The van der Waals surface area contributed by atoms with Crippen LogP contribution in [0.2, 0.25) is 0 Å². The Kier molecular flexibility index (Phi) is 5.43. The molecule has 0 spiro atoms. The van der Waals surface area contributed by atoms with Crippen molar-refractivity contribution in [2.24, 2.45) is 0 Å². The maximum Gasteiger partial charge on any atom is 0.317 e. The zero-order valence-electron chi connectivity index (χ0n) is 5.91. The number of esters is 1. The molecule has 10 heavy (non-hydrogen) atoms. The molecular weight excluding hydrogens is 152 g/mol. The second-order valence-electron chi connectivity index (χ2n) is 1.89. The van der Waals surface area contributed by atoms with E-state index < -0.39 is 12.3 Å². The minimum absolute atomic E-state index is 0.0147. The summed E-state index contributed by atoms with van der Waals surface area (Å²) in [4.78, 5) is 10.4. The van der Waals surface area contributed by atoms with Crippen molar-refractivity contribution in [1.82, 2.24) is 0 Å². The number of rotatable bonds is 4. The Hall–Kier alpha value is -0.220. The van der Waals surface area contributed by atoms with Crippen molar-refractivity contribution in [3.8, 4) is 0 Å². The fourth-order valence-corrected chi connectivity index (χ4v) is 0.569. The molecular formula is C6H12O3S. The molecule has 0 fully saturated rings. The molecule has 0 bridgehead atoms. The van der Waals surface area contributed by atoms with E-state index >= 15 is 0 Å². The fraction of sp³-hybridized carbons (Fsp3) is 0.833. The molecule has 4 heteroatoms. The van der Waals surface area contributed by atoms with Gasteiger partial charge in [-0.1, -0.05) is 13.3 Å². The average molecular weight is 164 g/mol. The normalized spacial score (nSPS) is 12.7. The smallest absolute Gasteiger partial charge is 0.317 e. The molecule has 0 aromatic rings. The topological polar surface area (TPSA) is 46.5 Å². The predicted molar refractivity (Wildman–Crippen MR) is 40.9 cm³/mol. The van der Waals surface area contributed by atoms with Crippen LogP contribution in [0.4, 0.5) is 0 Å². The summed E-state index contributed by atoms with van der Waals surface area (Å²) in [5, 5.41) is 8.87. The number of hydrogen-bond donors (Lipinski definition) is 2. The Bertz CT molecular complexity index is 105. The summed E-state index contributed by atoms with van der Waals surface area (Å²) in [5.41, 5.74) is 0. The van der Waals surface area contributed by atoms with Crippen molar-refractivity contribution in [2.45, 2.75) is 26.1 Å². The summed E-state index contributed by atoms with van der Waals surface area (Å²) in [6.07, 6.45) is 0.324. The van der Waals surface area contributed by atoms with Crippen LogP contribution in [0, 0.1) is 0 Å². The number of thiol groups is 1. The van der Waals surface area contributed by atoms with E-state index in [1.807, 2.05) is 6.92 Å². The number of aliphatic hydroxyl groups is 1. The van der Waals surface area contributed by atoms with Gasteiger partial charge < -0.3 is 9.84 Å². The monoisotopic (exact) mass is 164 g/mol. The first kappa shape index (κ1) is 9.78. The van der Waals surface area contributed by atoms with Gasteiger partial charge >= 0.3 is 5.97 Å². The highest BCUT2D eigenvalue weighted by molar-refractivity contribution is 7.81. The zero-order valence-corrected chi connectivity index (χ0v) is 6.80. The van der Waals surface area contributed by atoms with Gasteiger partial charge in [-0.15, -0.1) is 0 Å². The van der Waals surface area contributed by atoms with E-state index in [-0.39, 0.29) is 5.75 Å². The Morgan fingerprint density at radius 2 is 2.40 bits per heavy atom. The highest BCUT2D eigenvalue weighted by atomic mass is 32.1. The lowest BCUT2D eigenvalue weighted by Gasteiger charge is -2.08. The van der Waals surface area contributed by atoms with Crippen LogP contribution in [0.5, 0.6) is 0 Å². The van der Waals surface area contributed by atoms with E-state index in [1.165, 1.54) is 0 Å². The molecule has 1 N–H and O–H groups in total. The number of hydrogen-bond acceptors (Lipinski definition) is 4. The Balaban J connectivity index is 3.37. The van der Waals surface area contributed by atoms with Crippen LogP contribution >= 0.6 is 12.6 Å². The van der Waals surface area contributed by atoms with Gasteiger partial charge in [-0.25, -0.2) is 0 Å². The number of ether oxygens (including phenoxy) is 1. The van der Waals surface area contributed by atoms with Gasteiger partial charge in [-0.05, 0) is 0 Å². The third-order valence-electron chi connectivity index (χ3n) is 0.932. The first-order valence-electron chi connectivity index (χ1n) is 3.19. The number of carbonyl (C=O) groups is 1. The molecule has 3 nitrogen and oxygen atoms in total. The number of aliphatic hydroxyl groups excluding tert-OH is 1. The van der Waals surface area contributed by atoms with E-state index in [1.54, 1.807) is 0 Å². The molecule has 0 rings (SSSR count). The van der Waals surface area contributed by atoms with Crippen LogP contribution in [0.25, 0.3) is 0 Å². The Morgan fingerprint density at radius 1 is 1.80 bits per heavy atom. The largest absolute Gasteiger partial charge is 0.435 e. The van der Waals surface area contributed by atoms with Crippen molar-refractivity contribution >= 4 is 18.6 Å². The van der Waals surface area contributed by atoms with Gasteiger partial charge in [-0.2, -0.15) is 12.6 Å².